The maximum atomic E-state index is 10.5. The number of anilines is 1. The third-order valence-electron chi connectivity index (χ3n) is 1.91. The number of aldehydes is 1. The van der Waals surface area contributed by atoms with Crippen LogP contribution in [0.1, 0.15) is 24.0 Å². The lowest BCUT2D eigenvalue weighted by atomic mass is 9.99. The van der Waals surface area contributed by atoms with Crippen molar-refractivity contribution in [2.45, 2.75) is 12.8 Å². The molecule has 0 bridgehead atoms. The number of nitrogens with zero attached hydrogens (tertiary/aromatic N) is 1. The van der Waals surface area contributed by atoms with Crippen molar-refractivity contribution in [2.24, 2.45) is 0 Å². The summed E-state index contributed by atoms with van der Waals surface area (Å²) >= 11 is 0. The normalized spacial score (nSPS) is 11.7. The zero-order valence-corrected chi connectivity index (χ0v) is 7.32. The molecule has 3 nitrogen and oxygen atoms in total. The fourth-order valence-electron chi connectivity index (χ4n) is 1.13. The van der Waals surface area contributed by atoms with Crippen LogP contribution in [0.2, 0.25) is 0 Å². The lowest BCUT2D eigenvalue weighted by molar-refractivity contribution is -0.108. The summed E-state index contributed by atoms with van der Waals surface area (Å²) in [5, 5.41) is 8.57. The zero-order valence-electron chi connectivity index (χ0n) is 7.32. The van der Waals surface area contributed by atoms with Crippen molar-refractivity contribution < 1.29 is 4.79 Å². The van der Waals surface area contributed by atoms with Gasteiger partial charge in [-0.15, -0.1) is 0 Å². The van der Waals surface area contributed by atoms with Crippen LogP contribution >= 0.6 is 0 Å². The molecule has 1 aromatic carbocycles. The first-order chi connectivity index (χ1) is 6.19. The van der Waals surface area contributed by atoms with Gasteiger partial charge in [0, 0.05) is 11.6 Å². The number of nitriles is 1. The Balaban J connectivity index is 3.13. The number of nitrogen functional groups attached to an aromatic ring is 1. The summed E-state index contributed by atoms with van der Waals surface area (Å²) in [4.78, 5) is 10.5. The Morgan fingerprint density at radius 3 is 2.77 bits per heavy atom. The minimum atomic E-state index is -0.215. The van der Waals surface area contributed by atoms with Crippen molar-refractivity contribution in [2.75, 3.05) is 5.73 Å². The summed E-state index contributed by atoms with van der Waals surface area (Å²) in [6.45, 7) is 1.77. The summed E-state index contributed by atoms with van der Waals surface area (Å²) in [7, 11) is 0. The molecule has 2 N–H and O–H groups in total. The second-order valence-electron chi connectivity index (χ2n) is 2.88. The Morgan fingerprint density at radius 2 is 2.31 bits per heavy atom. The van der Waals surface area contributed by atoms with Crippen molar-refractivity contribution in [1.82, 2.24) is 0 Å². The van der Waals surface area contributed by atoms with E-state index < -0.39 is 0 Å². The minimum Gasteiger partial charge on any atom is -0.398 e. The second-order valence-corrected chi connectivity index (χ2v) is 2.88. The first-order valence-corrected chi connectivity index (χ1v) is 3.94. The molecule has 0 saturated heterocycles. The second kappa shape index (κ2) is 3.72. The standard InChI is InChI=1S/C10H10N2O/c1-7(6-13)9-3-2-8(5-11)4-10(9)12/h2-4,6-7H,12H2,1H3. The van der Waals surface area contributed by atoms with Crippen LogP contribution in [-0.2, 0) is 4.79 Å². The van der Waals surface area contributed by atoms with Crippen LogP contribution in [0.5, 0.6) is 0 Å². The van der Waals surface area contributed by atoms with E-state index >= 15 is 0 Å². The molecule has 0 saturated carbocycles. The van der Waals surface area contributed by atoms with E-state index in [1.807, 2.05) is 6.07 Å². The zero-order chi connectivity index (χ0) is 9.84. The molecule has 1 unspecified atom stereocenters. The van der Waals surface area contributed by atoms with Gasteiger partial charge in [-0.05, 0) is 17.7 Å². The van der Waals surface area contributed by atoms with Gasteiger partial charge in [0.05, 0.1) is 11.6 Å². The van der Waals surface area contributed by atoms with E-state index in [-0.39, 0.29) is 5.92 Å². The molecule has 0 spiro atoms. The molecule has 0 aliphatic rings. The minimum absolute atomic E-state index is 0.215. The molecule has 0 aromatic heterocycles. The van der Waals surface area contributed by atoms with Crippen LogP contribution in [0.4, 0.5) is 5.69 Å². The molecule has 13 heavy (non-hydrogen) atoms. The van der Waals surface area contributed by atoms with Gasteiger partial charge in [-0.25, -0.2) is 0 Å². The lowest BCUT2D eigenvalue weighted by Gasteiger charge is -2.07. The Kier molecular flexibility index (Phi) is 2.65. The van der Waals surface area contributed by atoms with E-state index in [1.54, 1.807) is 25.1 Å². The van der Waals surface area contributed by atoms with Crippen molar-refractivity contribution in [3.8, 4) is 6.07 Å². The molecule has 1 aromatic rings. The van der Waals surface area contributed by atoms with E-state index in [2.05, 4.69) is 0 Å². The lowest BCUT2D eigenvalue weighted by Crippen LogP contribution is -2.00. The molecule has 1 atom stereocenters. The largest absolute Gasteiger partial charge is 0.398 e. The number of hydrogen-bond donors (Lipinski definition) is 1. The van der Waals surface area contributed by atoms with Gasteiger partial charge in [-0.2, -0.15) is 5.26 Å². The van der Waals surface area contributed by atoms with Crippen LogP contribution in [0.25, 0.3) is 0 Å². The molecule has 0 aliphatic carbocycles. The van der Waals surface area contributed by atoms with Gasteiger partial charge in [0.1, 0.15) is 6.29 Å². The molecule has 3 heteroatoms. The van der Waals surface area contributed by atoms with Gasteiger partial charge in [0.25, 0.3) is 0 Å². The molecule has 66 valence electrons. The van der Waals surface area contributed by atoms with Crippen molar-refractivity contribution >= 4 is 12.0 Å². The van der Waals surface area contributed by atoms with E-state index in [1.165, 1.54) is 0 Å². The number of carbonyl (C=O) groups is 1. The highest BCUT2D eigenvalue weighted by molar-refractivity contribution is 5.67. The molecule has 0 fully saturated rings. The maximum Gasteiger partial charge on any atom is 0.127 e. The van der Waals surface area contributed by atoms with Crippen molar-refractivity contribution in [3.05, 3.63) is 29.3 Å². The Morgan fingerprint density at radius 1 is 1.62 bits per heavy atom. The van der Waals surface area contributed by atoms with Crippen LogP contribution in [-0.4, -0.2) is 6.29 Å². The molecule has 0 radical (unpaired) electrons. The van der Waals surface area contributed by atoms with Gasteiger partial charge >= 0.3 is 0 Å². The van der Waals surface area contributed by atoms with Gasteiger partial charge in [-0.1, -0.05) is 13.0 Å². The Labute approximate surface area is 76.8 Å². The first-order valence-electron chi connectivity index (χ1n) is 3.94. The Bertz CT molecular complexity index is 366. The molecule has 0 amide bonds. The average Bonchev–Trinajstić information content (AvgIpc) is 2.16. The predicted octanol–water partition coefficient (Wildman–Crippen LogP) is 1.44. The van der Waals surface area contributed by atoms with E-state index in [0.29, 0.717) is 11.3 Å². The molecule has 0 heterocycles. The number of rotatable bonds is 2. The Hall–Kier alpha value is -1.82. The number of carbonyl (C=O) groups excluding carboxylic acids is 1. The van der Waals surface area contributed by atoms with E-state index in [0.717, 1.165) is 11.8 Å². The van der Waals surface area contributed by atoms with Crippen molar-refractivity contribution in [3.63, 3.8) is 0 Å². The molecule has 1 rings (SSSR count). The van der Waals surface area contributed by atoms with Crippen LogP contribution in [0.3, 0.4) is 0 Å². The van der Waals surface area contributed by atoms with Gasteiger partial charge in [-0.3, -0.25) is 0 Å². The first kappa shape index (κ1) is 9.27. The molecule has 0 aliphatic heterocycles. The average molecular weight is 174 g/mol. The van der Waals surface area contributed by atoms with Crippen LogP contribution in [0, 0.1) is 11.3 Å². The van der Waals surface area contributed by atoms with Gasteiger partial charge < -0.3 is 10.5 Å². The third kappa shape index (κ3) is 1.85. The summed E-state index contributed by atoms with van der Waals surface area (Å²) in [6.07, 6.45) is 0.831. The fourth-order valence-corrected chi connectivity index (χ4v) is 1.13. The SMILES string of the molecule is CC(C=O)c1ccc(C#N)cc1N. The predicted molar refractivity (Wildman–Crippen MR) is 50.0 cm³/mol. The summed E-state index contributed by atoms with van der Waals surface area (Å²) in [5.74, 6) is -0.215. The highest BCUT2D eigenvalue weighted by Crippen LogP contribution is 2.21. The summed E-state index contributed by atoms with van der Waals surface area (Å²) in [5.41, 5.74) is 7.45. The smallest absolute Gasteiger partial charge is 0.127 e. The van der Waals surface area contributed by atoms with E-state index in [4.69, 9.17) is 11.0 Å². The quantitative estimate of drug-likeness (QED) is 0.545. The summed E-state index contributed by atoms with van der Waals surface area (Å²) < 4.78 is 0. The highest BCUT2D eigenvalue weighted by atomic mass is 16.1. The number of hydrogen-bond acceptors (Lipinski definition) is 3. The third-order valence-corrected chi connectivity index (χ3v) is 1.91. The monoisotopic (exact) mass is 174 g/mol. The maximum absolute atomic E-state index is 10.5. The van der Waals surface area contributed by atoms with Crippen molar-refractivity contribution in [1.29, 1.82) is 5.26 Å². The molecular formula is C10H10N2O. The number of benzene rings is 1. The number of nitrogens with two attached hydrogens (primary N) is 1. The van der Waals surface area contributed by atoms with Crippen LogP contribution < -0.4 is 5.73 Å². The van der Waals surface area contributed by atoms with Gasteiger partial charge in [0.15, 0.2) is 0 Å². The topological polar surface area (TPSA) is 66.9 Å². The summed E-state index contributed by atoms with van der Waals surface area (Å²) in [6, 6.07) is 6.94. The van der Waals surface area contributed by atoms with Crippen LogP contribution in [0.15, 0.2) is 18.2 Å². The molecular weight excluding hydrogens is 164 g/mol. The van der Waals surface area contributed by atoms with Gasteiger partial charge in [0.2, 0.25) is 0 Å². The highest BCUT2D eigenvalue weighted by Gasteiger charge is 2.07. The fraction of sp³-hybridized carbons (Fsp3) is 0.200. The van der Waals surface area contributed by atoms with E-state index in [9.17, 15) is 4.79 Å².